The van der Waals surface area contributed by atoms with E-state index in [1.54, 1.807) is 24.3 Å². The van der Waals surface area contributed by atoms with Gasteiger partial charge in [-0.25, -0.2) is 0 Å². The van der Waals surface area contributed by atoms with E-state index in [-0.39, 0.29) is 13.2 Å². The molecular formula is C17H24N2O3. The van der Waals surface area contributed by atoms with Crippen molar-refractivity contribution in [3.8, 4) is 11.8 Å². The molecule has 1 aromatic carbocycles. The minimum atomic E-state index is -0.560. The molecule has 2 rings (SSSR count). The van der Waals surface area contributed by atoms with E-state index in [4.69, 9.17) is 15.1 Å². The Kier molecular flexibility index (Phi) is 6.66. The first-order valence-corrected chi connectivity index (χ1v) is 7.89. The second-order valence-electron chi connectivity index (χ2n) is 5.76. The zero-order valence-corrected chi connectivity index (χ0v) is 12.8. The third kappa shape index (κ3) is 4.99. The van der Waals surface area contributed by atoms with Crippen LogP contribution in [0.5, 0.6) is 5.75 Å². The molecule has 0 amide bonds. The van der Waals surface area contributed by atoms with Crippen LogP contribution in [0.1, 0.15) is 31.2 Å². The van der Waals surface area contributed by atoms with E-state index in [0.29, 0.717) is 23.9 Å². The molecule has 0 saturated carbocycles. The van der Waals surface area contributed by atoms with E-state index in [9.17, 15) is 5.11 Å². The second kappa shape index (κ2) is 8.74. The van der Waals surface area contributed by atoms with Crippen molar-refractivity contribution in [2.24, 2.45) is 0 Å². The maximum Gasteiger partial charge on any atom is 0.119 e. The normalized spacial score (nSPS) is 20.3. The summed E-state index contributed by atoms with van der Waals surface area (Å²) in [6.07, 6.45) is 3.63. The van der Waals surface area contributed by atoms with Gasteiger partial charge in [0, 0.05) is 19.2 Å². The molecule has 1 aromatic rings. The van der Waals surface area contributed by atoms with E-state index in [1.165, 1.54) is 6.42 Å². The molecular weight excluding hydrogens is 280 g/mol. The van der Waals surface area contributed by atoms with Crippen LogP contribution in [0.2, 0.25) is 0 Å². The van der Waals surface area contributed by atoms with Crippen molar-refractivity contribution in [2.75, 3.05) is 26.3 Å². The molecule has 22 heavy (non-hydrogen) atoms. The van der Waals surface area contributed by atoms with Gasteiger partial charge >= 0.3 is 0 Å². The molecule has 1 aliphatic heterocycles. The molecule has 1 fully saturated rings. The monoisotopic (exact) mass is 304 g/mol. The highest BCUT2D eigenvalue weighted by Crippen LogP contribution is 2.20. The van der Waals surface area contributed by atoms with Crippen LogP contribution in [-0.2, 0) is 0 Å². The number of ether oxygens (including phenoxy) is 1. The van der Waals surface area contributed by atoms with Gasteiger partial charge in [-0.1, -0.05) is 6.42 Å². The molecule has 0 aromatic heterocycles. The molecule has 5 heteroatoms. The van der Waals surface area contributed by atoms with Crippen molar-refractivity contribution in [2.45, 2.75) is 37.8 Å². The number of β-amino-alcohol motifs (C(OH)–C–C–N with tert-alkyl or cyclic N) is 1. The SMILES string of the molecule is N#Cc1ccc(OCC(O)CN2CCCCC2CCO)cc1. The van der Waals surface area contributed by atoms with Gasteiger partial charge in [0.2, 0.25) is 0 Å². The summed E-state index contributed by atoms with van der Waals surface area (Å²) in [7, 11) is 0. The van der Waals surface area contributed by atoms with E-state index in [0.717, 1.165) is 25.8 Å². The number of nitrogens with zero attached hydrogens (tertiary/aromatic N) is 2. The van der Waals surface area contributed by atoms with Crippen molar-refractivity contribution in [3.63, 3.8) is 0 Å². The lowest BCUT2D eigenvalue weighted by atomic mass is 9.99. The van der Waals surface area contributed by atoms with Gasteiger partial charge in [-0.3, -0.25) is 4.90 Å². The van der Waals surface area contributed by atoms with Gasteiger partial charge in [0.1, 0.15) is 18.5 Å². The number of likely N-dealkylation sites (tertiary alicyclic amines) is 1. The van der Waals surface area contributed by atoms with Gasteiger partial charge < -0.3 is 14.9 Å². The van der Waals surface area contributed by atoms with Gasteiger partial charge in [0.15, 0.2) is 0 Å². The summed E-state index contributed by atoms with van der Waals surface area (Å²) in [5, 5.41) is 28.0. The molecule has 2 atom stereocenters. The Morgan fingerprint density at radius 1 is 1.32 bits per heavy atom. The fourth-order valence-corrected chi connectivity index (χ4v) is 2.92. The van der Waals surface area contributed by atoms with E-state index in [1.807, 2.05) is 0 Å². The number of rotatable bonds is 7. The fraction of sp³-hybridized carbons (Fsp3) is 0.588. The lowest BCUT2D eigenvalue weighted by Gasteiger charge is -2.36. The number of piperidine rings is 1. The van der Waals surface area contributed by atoms with Crippen LogP contribution in [0, 0.1) is 11.3 Å². The lowest BCUT2D eigenvalue weighted by molar-refractivity contribution is 0.0332. The molecule has 2 N–H and O–H groups in total. The standard InChI is InChI=1S/C17H24N2O3/c18-11-14-4-6-17(7-5-14)22-13-16(21)12-19-9-2-1-3-15(19)8-10-20/h4-7,15-16,20-21H,1-3,8-10,12-13H2. The summed E-state index contributed by atoms with van der Waals surface area (Å²) in [6, 6.07) is 9.29. The molecule has 0 bridgehead atoms. The number of aliphatic hydroxyl groups excluding tert-OH is 2. The van der Waals surface area contributed by atoms with Crippen LogP contribution in [0.4, 0.5) is 0 Å². The van der Waals surface area contributed by atoms with Gasteiger partial charge in [0.05, 0.1) is 11.6 Å². The third-order valence-corrected chi connectivity index (χ3v) is 4.08. The fourth-order valence-electron chi connectivity index (χ4n) is 2.92. The summed E-state index contributed by atoms with van der Waals surface area (Å²) in [6.45, 7) is 1.97. The molecule has 1 aliphatic rings. The summed E-state index contributed by atoms with van der Waals surface area (Å²) in [5.41, 5.74) is 0.591. The van der Waals surface area contributed by atoms with Crippen molar-refractivity contribution < 1.29 is 14.9 Å². The molecule has 0 aliphatic carbocycles. The number of hydrogen-bond acceptors (Lipinski definition) is 5. The Labute approximate surface area is 131 Å². The summed E-state index contributed by atoms with van der Waals surface area (Å²) >= 11 is 0. The van der Waals surface area contributed by atoms with E-state index < -0.39 is 6.10 Å². The van der Waals surface area contributed by atoms with Crippen molar-refractivity contribution in [1.29, 1.82) is 5.26 Å². The van der Waals surface area contributed by atoms with Crippen molar-refractivity contribution >= 4 is 0 Å². The van der Waals surface area contributed by atoms with Crippen molar-refractivity contribution in [3.05, 3.63) is 29.8 Å². The smallest absolute Gasteiger partial charge is 0.119 e. The second-order valence-corrected chi connectivity index (χ2v) is 5.76. The summed E-state index contributed by atoms with van der Waals surface area (Å²) in [4.78, 5) is 2.26. The molecule has 1 saturated heterocycles. The highest BCUT2D eigenvalue weighted by Gasteiger charge is 2.24. The Hall–Kier alpha value is -1.61. The molecule has 120 valence electrons. The van der Waals surface area contributed by atoms with E-state index >= 15 is 0 Å². The molecule has 0 radical (unpaired) electrons. The number of aliphatic hydroxyl groups is 2. The highest BCUT2D eigenvalue weighted by atomic mass is 16.5. The van der Waals surface area contributed by atoms with Crippen LogP contribution in [-0.4, -0.2) is 53.6 Å². The zero-order valence-electron chi connectivity index (χ0n) is 12.8. The molecule has 0 spiro atoms. The van der Waals surface area contributed by atoms with Crippen LogP contribution in [0.25, 0.3) is 0 Å². The molecule has 5 nitrogen and oxygen atoms in total. The maximum atomic E-state index is 10.2. The predicted octanol–water partition coefficient (Wildman–Crippen LogP) is 1.53. The first-order chi connectivity index (χ1) is 10.7. The Bertz CT molecular complexity index is 482. The van der Waals surface area contributed by atoms with Crippen molar-refractivity contribution in [1.82, 2.24) is 4.90 Å². The van der Waals surface area contributed by atoms with Gasteiger partial charge in [-0.15, -0.1) is 0 Å². The van der Waals surface area contributed by atoms with Gasteiger partial charge in [0.25, 0.3) is 0 Å². The van der Waals surface area contributed by atoms with Crippen LogP contribution < -0.4 is 4.74 Å². The highest BCUT2D eigenvalue weighted by molar-refractivity contribution is 5.34. The van der Waals surface area contributed by atoms with Gasteiger partial charge in [-0.2, -0.15) is 5.26 Å². The third-order valence-electron chi connectivity index (χ3n) is 4.08. The topological polar surface area (TPSA) is 76.7 Å². The summed E-state index contributed by atoms with van der Waals surface area (Å²) < 4.78 is 5.57. The zero-order chi connectivity index (χ0) is 15.8. The first kappa shape index (κ1) is 16.8. The minimum absolute atomic E-state index is 0.193. The average molecular weight is 304 g/mol. The number of hydrogen-bond donors (Lipinski definition) is 2. The van der Waals surface area contributed by atoms with Crippen LogP contribution >= 0.6 is 0 Å². The Morgan fingerprint density at radius 2 is 2.09 bits per heavy atom. The van der Waals surface area contributed by atoms with Gasteiger partial charge in [-0.05, 0) is 50.1 Å². The average Bonchev–Trinajstić information content (AvgIpc) is 2.55. The minimum Gasteiger partial charge on any atom is -0.491 e. The lowest BCUT2D eigenvalue weighted by Crippen LogP contribution is -2.45. The van der Waals surface area contributed by atoms with Crippen LogP contribution in [0.3, 0.4) is 0 Å². The van der Waals surface area contributed by atoms with E-state index in [2.05, 4.69) is 11.0 Å². The maximum absolute atomic E-state index is 10.2. The molecule has 1 heterocycles. The number of nitriles is 1. The Morgan fingerprint density at radius 3 is 2.77 bits per heavy atom. The quantitative estimate of drug-likeness (QED) is 0.799. The predicted molar refractivity (Wildman–Crippen MR) is 83.6 cm³/mol. The molecule has 2 unspecified atom stereocenters. The number of benzene rings is 1. The Balaban J connectivity index is 1.78. The first-order valence-electron chi connectivity index (χ1n) is 7.89. The summed E-state index contributed by atoms with van der Waals surface area (Å²) in [5.74, 6) is 0.656. The van der Waals surface area contributed by atoms with Crippen LogP contribution in [0.15, 0.2) is 24.3 Å². The largest absolute Gasteiger partial charge is 0.491 e.